The summed E-state index contributed by atoms with van der Waals surface area (Å²) in [5.74, 6) is 0. The number of nitrogens with two attached hydrogens (primary N) is 1. The van der Waals surface area contributed by atoms with Gasteiger partial charge in [-0.15, -0.1) is 0 Å². The Balaban J connectivity index is 2.29. The van der Waals surface area contributed by atoms with Crippen LogP contribution in [0.3, 0.4) is 0 Å². The van der Waals surface area contributed by atoms with Crippen molar-refractivity contribution in [2.75, 3.05) is 32.2 Å². The van der Waals surface area contributed by atoms with Gasteiger partial charge in [0.25, 0.3) is 0 Å². The molecule has 1 aromatic rings. The first kappa shape index (κ1) is 16.1. The Hall–Kier alpha value is -1.31. The van der Waals surface area contributed by atoms with E-state index in [1.807, 2.05) is 4.90 Å². The van der Waals surface area contributed by atoms with Crippen LogP contribution in [0.15, 0.2) is 18.2 Å². The van der Waals surface area contributed by atoms with E-state index in [1.54, 1.807) is 20.3 Å². The fourth-order valence-electron chi connectivity index (χ4n) is 2.61. The molecule has 0 spiro atoms. The molecule has 0 aliphatic carbocycles. The van der Waals surface area contributed by atoms with E-state index < -0.39 is 11.7 Å². The minimum atomic E-state index is -4.41. The maximum atomic E-state index is 13.1. The van der Waals surface area contributed by atoms with Crippen molar-refractivity contribution in [2.45, 2.75) is 24.9 Å². The SMILES string of the molecule is COC1CN(c2ccc(CN)c(C(F)(F)F)c2)CC1OC. The number of ether oxygens (including phenoxy) is 2. The van der Waals surface area contributed by atoms with Crippen LogP contribution in [0, 0.1) is 0 Å². The lowest BCUT2D eigenvalue weighted by Crippen LogP contribution is -2.27. The normalized spacial score (nSPS) is 22.9. The number of nitrogens with zero attached hydrogens (tertiary/aromatic N) is 1. The molecule has 2 atom stereocenters. The van der Waals surface area contributed by atoms with Gasteiger partial charge in [0.2, 0.25) is 0 Å². The molecule has 21 heavy (non-hydrogen) atoms. The van der Waals surface area contributed by atoms with Crippen LogP contribution in [0.25, 0.3) is 0 Å². The topological polar surface area (TPSA) is 47.7 Å². The summed E-state index contributed by atoms with van der Waals surface area (Å²) in [6.07, 6.45) is -4.72. The molecule has 1 aromatic carbocycles. The maximum absolute atomic E-state index is 13.1. The van der Waals surface area contributed by atoms with Crippen LogP contribution in [0.2, 0.25) is 0 Å². The third-order valence-corrected chi connectivity index (χ3v) is 3.80. The van der Waals surface area contributed by atoms with Crippen LogP contribution in [0.1, 0.15) is 11.1 Å². The van der Waals surface area contributed by atoms with Crippen molar-refractivity contribution in [2.24, 2.45) is 5.73 Å². The Morgan fingerprint density at radius 2 is 1.76 bits per heavy atom. The molecular weight excluding hydrogens is 285 g/mol. The molecule has 0 bridgehead atoms. The predicted molar refractivity (Wildman–Crippen MR) is 73.1 cm³/mol. The van der Waals surface area contributed by atoms with Gasteiger partial charge in [-0.25, -0.2) is 0 Å². The van der Waals surface area contributed by atoms with Crippen molar-refractivity contribution >= 4 is 5.69 Å². The molecule has 0 amide bonds. The molecule has 4 nitrogen and oxygen atoms in total. The van der Waals surface area contributed by atoms with E-state index in [2.05, 4.69) is 0 Å². The first-order valence-corrected chi connectivity index (χ1v) is 6.61. The van der Waals surface area contributed by atoms with Gasteiger partial charge in [0.15, 0.2) is 0 Å². The van der Waals surface area contributed by atoms with Gasteiger partial charge in [0.05, 0.1) is 5.56 Å². The van der Waals surface area contributed by atoms with Gasteiger partial charge >= 0.3 is 6.18 Å². The number of halogens is 3. The van der Waals surface area contributed by atoms with Gasteiger partial charge in [-0.05, 0) is 17.7 Å². The minimum absolute atomic E-state index is 0.0945. The van der Waals surface area contributed by atoms with E-state index in [4.69, 9.17) is 15.2 Å². The van der Waals surface area contributed by atoms with Gasteiger partial charge in [-0.2, -0.15) is 13.2 Å². The largest absolute Gasteiger partial charge is 0.416 e. The molecule has 2 rings (SSSR count). The molecule has 0 aromatic heterocycles. The summed E-state index contributed by atoms with van der Waals surface area (Å²) in [6, 6.07) is 4.23. The molecule has 1 saturated heterocycles. The van der Waals surface area contributed by atoms with Crippen LogP contribution in [-0.4, -0.2) is 39.5 Å². The zero-order valence-corrected chi connectivity index (χ0v) is 12.0. The average molecular weight is 304 g/mol. The highest BCUT2D eigenvalue weighted by Gasteiger charge is 2.36. The van der Waals surface area contributed by atoms with Crippen molar-refractivity contribution in [3.8, 4) is 0 Å². The van der Waals surface area contributed by atoms with E-state index >= 15 is 0 Å². The van der Waals surface area contributed by atoms with E-state index in [9.17, 15) is 13.2 Å². The van der Waals surface area contributed by atoms with Crippen molar-refractivity contribution < 1.29 is 22.6 Å². The molecule has 0 saturated carbocycles. The first-order chi connectivity index (χ1) is 9.90. The van der Waals surface area contributed by atoms with E-state index in [0.29, 0.717) is 18.8 Å². The molecular formula is C14H19F3N2O2. The van der Waals surface area contributed by atoms with Crippen molar-refractivity contribution in [3.05, 3.63) is 29.3 Å². The summed E-state index contributed by atoms with van der Waals surface area (Å²) in [4.78, 5) is 1.83. The van der Waals surface area contributed by atoms with E-state index in [1.165, 1.54) is 6.07 Å². The van der Waals surface area contributed by atoms with E-state index in [0.717, 1.165) is 6.07 Å². The Bertz CT molecular complexity index is 482. The lowest BCUT2D eigenvalue weighted by molar-refractivity contribution is -0.138. The summed E-state index contributed by atoms with van der Waals surface area (Å²) < 4.78 is 49.8. The van der Waals surface area contributed by atoms with Crippen LogP contribution in [0.4, 0.5) is 18.9 Å². The lowest BCUT2D eigenvalue weighted by atomic mass is 10.1. The molecule has 2 unspecified atom stereocenters. The summed E-state index contributed by atoms with van der Waals surface area (Å²) in [5.41, 5.74) is 5.30. The third kappa shape index (κ3) is 3.30. The van der Waals surface area contributed by atoms with Crippen molar-refractivity contribution in [3.63, 3.8) is 0 Å². The number of rotatable bonds is 4. The maximum Gasteiger partial charge on any atom is 0.416 e. The molecule has 1 aliphatic heterocycles. The number of anilines is 1. The summed E-state index contributed by atoms with van der Waals surface area (Å²) >= 11 is 0. The molecule has 0 radical (unpaired) electrons. The monoisotopic (exact) mass is 304 g/mol. The Morgan fingerprint density at radius 1 is 1.19 bits per heavy atom. The first-order valence-electron chi connectivity index (χ1n) is 6.61. The fraction of sp³-hybridized carbons (Fsp3) is 0.571. The molecule has 2 N–H and O–H groups in total. The lowest BCUT2D eigenvalue weighted by Gasteiger charge is -2.21. The summed E-state index contributed by atoms with van der Waals surface area (Å²) in [5, 5.41) is 0. The van der Waals surface area contributed by atoms with Crippen LogP contribution >= 0.6 is 0 Å². The van der Waals surface area contributed by atoms with Crippen molar-refractivity contribution in [1.82, 2.24) is 0 Å². The Kier molecular flexibility index (Phi) is 4.75. The fourth-order valence-corrected chi connectivity index (χ4v) is 2.61. The summed E-state index contributed by atoms with van der Waals surface area (Å²) in [6.45, 7) is 0.846. The van der Waals surface area contributed by atoms with Gasteiger partial charge in [0.1, 0.15) is 12.2 Å². The molecule has 1 aliphatic rings. The zero-order chi connectivity index (χ0) is 15.6. The van der Waals surface area contributed by atoms with Crippen molar-refractivity contribution in [1.29, 1.82) is 0 Å². The number of hydrogen-bond donors (Lipinski definition) is 1. The average Bonchev–Trinajstić information content (AvgIpc) is 2.89. The summed E-state index contributed by atoms with van der Waals surface area (Å²) in [7, 11) is 3.14. The third-order valence-electron chi connectivity index (χ3n) is 3.80. The van der Waals surface area contributed by atoms with Gasteiger partial charge < -0.3 is 20.1 Å². The number of hydrogen-bond acceptors (Lipinski definition) is 4. The second-order valence-corrected chi connectivity index (χ2v) is 5.00. The van der Waals surface area contributed by atoms with Crippen LogP contribution < -0.4 is 10.6 Å². The highest BCUT2D eigenvalue weighted by atomic mass is 19.4. The second-order valence-electron chi connectivity index (χ2n) is 5.00. The predicted octanol–water partition coefficient (Wildman–Crippen LogP) is 2.01. The second kappa shape index (κ2) is 6.21. The smallest absolute Gasteiger partial charge is 0.377 e. The van der Waals surface area contributed by atoms with Gasteiger partial charge in [0, 0.05) is 39.5 Å². The van der Waals surface area contributed by atoms with Gasteiger partial charge in [-0.3, -0.25) is 0 Å². The molecule has 1 fully saturated rings. The highest BCUT2D eigenvalue weighted by Crippen LogP contribution is 2.35. The Morgan fingerprint density at radius 3 is 2.19 bits per heavy atom. The quantitative estimate of drug-likeness (QED) is 0.924. The molecule has 118 valence electrons. The zero-order valence-electron chi connectivity index (χ0n) is 12.0. The molecule has 1 heterocycles. The number of alkyl halides is 3. The van der Waals surface area contributed by atoms with Crippen LogP contribution in [-0.2, 0) is 22.2 Å². The minimum Gasteiger partial charge on any atom is -0.377 e. The van der Waals surface area contributed by atoms with E-state index in [-0.39, 0.29) is 24.3 Å². The highest BCUT2D eigenvalue weighted by molar-refractivity contribution is 5.53. The standard InChI is InChI=1S/C14H19F3N2O2/c1-20-12-7-19(8-13(12)21-2)10-4-3-9(6-18)11(5-10)14(15,16)17/h3-5,12-13H,6-8,18H2,1-2H3. The van der Waals surface area contributed by atoms with Crippen LogP contribution in [0.5, 0.6) is 0 Å². The Labute approximate surface area is 121 Å². The number of methoxy groups -OCH3 is 2. The number of benzene rings is 1. The van der Waals surface area contributed by atoms with Gasteiger partial charge in [-0.1, -0.05) is 6.07 Å². The molecule has 7 heteroatoms.